The summed E-state index contributed by atoms with van der Waals surface area (Å²) in [6, 6.07) is 11.4. The van der Waals surface area contributed by atoms with E-state index in [0.29, 0.717) is 30.6 Å². The Kier molecular flexibility index (Phi) is 6.47. The summed E-state index contributed by atoms with van der Waals surface area (Å²) >= 11 is 0. The Bertz CT molecular complexity index is 941. The molecule has 1 aliphatic rings. The number of nitrogens with zero attached hydrogens (tertiary/aromatic N) is 4. The molecule has 0 spiro atoms. The third-order valence-corrected chi connectivity index (χ3v) is 6.17. The first-order chi connectivity index (χ1) is 14.7. The zero-order chi connectivity index (χ0) is 20.9. The van der Waals surface area contributed by atoms with Crippen LogP contribution in [0.25, 0.3) is 11.2 Å². The molecule has 2 aromatic heterocycles. The first-order valence-corrected chi connectivity index (χ1v) is 11.2. The summed E-state index contributed by atoms with van der Waals surface area (Å²) in [4.78, 5) is 14.4. The van der Waals surface area contributed by atoms with Gasteiger partial charge < -0.3 is 20.9 Å². The largest absolute Gasteiger partial charge is 0.364 e. The summed E-state index contributed by atoms with van der Waals surface area (Å²) in [5.41, 5.74) is 9.00. The van der Waals surface area contributed by atoms with Crippen LogP contribution < -0.4 is 16.4 Å². The van der Waals surface area contributed by atoms with Crippen molar-refractivity contribution in [1.29, 1.82) is 0 Å². The first kappa shape index (κ1) is 20.6. The van der Waals surface area contributed by atoms with Gasteiger partial charge in [-0.15, -0.1) is 0 Å². The van der Waals surface area contributed by atoms with Gasteiger partial charge in [0.25, 0.3) is 0 Å². The molecule has 7 heteroatoms. The van der Waals surface area contributed by atoms with E-state index in [0.717, 1.165) is 55.5 Å². The molecule has 1 fully saturated rings. The highest BCUT2D eigenvalue weighted by molar-refractivity contribution is 5.84. The van der Waals surface area contributed by atoms with Crippen molar-refractivity contribution in [3.8, 4) is 0 Å². The smallest absolute Gasteiger partial charge is 0.227 e. The van der Waals surface area contributed by atoms with Crippen LogP contribution in [-0.2, 0) is 6.54 Å². The second kappa shape index (κ2) is 9.43. The molecule has 1 saturated carbocycles. The van der Waals surface area contributed by atoms with E-state index in [-0.39, 0.29) is 0 Å². The van der Waals surface area contributed by atoms with Gasteiger partial charge in [-0.2, -0.15) is 9.97 Å². The van der Waals surface area contributed by atoms with Crippen LogP contribution in [0, 0.1) is 0 Å². The van der Waals surface area contributed by atoms with E-state index >= 15 is 0 Å². The van der Waals surface area contributed by atoms with Crippen LogP contribution in [-0.4, -0.2) is 31.6 Å². The number of nitrogens with one attached hydrogen (secondary N) is 2. The summed E-state index contributed by atoms with van der Waals surface area (Å²) in [5.74, 6) is 1.45. The van der Waals surface area contributed by atoms with Crippen LogP contribution in [0.3, 0.4) is 0 Å². The minimum atomic E-state index is 0.325. The predicted molar refractivity (Wildman–Crippen MR) is 123 cm³/mol. The summed E-state index contributed by atoms with van der Waals surface area (Å²) < 4.78 is 2.20. The lowest BCUT2D eigenvalue weighted by atomic mass is 9.92. The molecule has 0 saturated heterocycles. The molecule has 0 radical (unpaired) electrons. The Labute approximate surface area is 178 Å². The molecular formula is C23H33N7. The van der Waals surface area contributed by atoms with Crippen LogP contribution in [0.2, 0.25) is 0 Å². The Hall–Kier alpha value is -2.67. The van der Waals surface area contributed by atoms with E-state index in [1.807, 2.05) is 12.4 Å². The molecule has 0 bridgehead atoms. The van der Waals surface area contributed by atoms with E-state index < -0.39 is 0 Å². The highest BCUT2D eigenvalue weighted by Gasteiger charge is 2.21. The number of anilines is 2. The fourth-order valence-corrected chi connectivity index (χ4v) is 4.28. The maximum Gasteiger partial charge on any atom is 0.227 e. The van der Waals surface area contributed by atoms with Crippen molar-refractivity contribution in [2.24, 2.45) is 5.73 Å². The van der Waals surface area contributed by atoms with Crippen LogP contribution >= 0.6 is 0 Å². The summed E-state index contributed by atoms with van der Waals surface area (Å²) in [6.07, 6.45) is 8.20. The molecule has 7 nitrogen and oxygen atoms in total. The van der Waals surface area contributed by atoms with Gasteiger partial charge in [0.1, 0.15) is 0 Å². The van der Waals surface area contributed by atoms with Gasteiger partial charge >= 0.3 is 0 Å². The van der Waals surface area contributed by atoms with Gasteiger partial charge in [-0.05, 0) is 44.1 Å². The van der Waals surface area contributed by atoms with Crippen molar-refractivity contribution in [3.63, 3.8) is 0 Å². The highest BCUT2D eigenvalue weighted by Crippen LogP contribution is 2.28. The van der Waals surface area contributed by atoms with Gasteiger partial charge in [-0.3, -0.25) is 0 Å². The third kappa shape index (κ3) is 4.56. The van der Waals surface area contributed by atoms with Crippen LogP contribution in [0.15, 0.2) is 36.7 Å². The van der Waals surface area contributed by atoms with Crippen molar-refractivity contribution < 1.29 is 0 Å². The summed E-state index contributed by atoms with van der Waals surface area (Å²) in [6.45, 7) is 5.11. The minimum Gasteiger partial charge on any atom is -0.364 e. The summed E-state index contributed by atoms with van der Waals surface area (Å²) in [5, 5.41) is 7.06. The second-order valence-electron chi connectivity index (χ2n) is 8.29. The quantitative estimate of drug-likeness (QED) is 0.510. The maximum absolute atomic E-state index is 6.07. The van der Waals surface area contributed by atoms with Crippen LogP contribution in [0.1, 0.15) is 64.0 Å². The molecule has 0 aliphatic heterocycles. The van der Waals surface area contributed by atoms with Crippen molar-refractivity contribution >= 4 is 22.9 Å². The average molecular weight is 408 g/mol. The molecule has 0 unspecified atom stereocenters. The number of imidazole rings is 1. The van der Waals surface area contributed by atoms with Gasteiger partial charge in [0.05, 0.1) is 6.33 Å². The molecule has 1 aromatic carbocycles. The number of aromatic nitrogens is 4. The predicted octanol–water partition coefficient (Wildman–Crippen LogP) is 4.48. The highest BCUT2D eigenvalue weighted by atomic mass is 15.2. The number of hydrogen-bond acceptors (Lipinski definition) is 6. The molecule has 0 amide bonds. The van der Waals surface area contributed by atoms with Crippen molar-refractivity contribution in [2.75, 3.05) is 10.6 Å². The molecule has 4 rings (SSSR count). The van der Waals surface area contributed by atoms with Gasteiger partial charge in [0.2, 0.25) is 5.95 Å². The van der Waals surface area contributed by atoms with Crippen molar-refractivity contribution in [1.82, 2.24) is 19.5 Å². The molecule has 2 heterocycles. The zero-order valence-corrected chi connectivity index (χ0v) is 18.0. The number of hydrogen-bond donors (Lipinski definition) is 3. The minimum absolute atomic E-state index is 0.325. The zero-order valence-electron chi connectivity index (χ0n) is 18.0. The fourth-order valence-electron chi connectivity index (χ4n) is 4.28. The summed E-state index contributed by atoms with van der Waals surface area (Å²) in [7, 11) is 0. The average Bonchev–Trinajstić information content (AvgIpc) is 3.19. The lowest BCUT2D eigenvalue weighted by Crippen LogP contribution is -2.33. The van der Waals surface area contributed by atoms with Gasteiger partial charge in [-0.25, -0.2) is 4.98 Å². The Morgan fingerprint density at radius 1 is 1.07 bits per heavy atom. The fraction of sp³-hybridized carbons (Fsp3) is 0.522. The first-order valence-electron chi connectivity index (χ1n) is 11.2. The van der Waals surface area contributed by atoms with Crippen molar-refractivity contribution in [2.45, 2.75) is 77.0 Å². The molecule has 1 aliphatic carbocycles. The lowest BCUT2D eigenvalue weighted by molar-refractivity contribution is 0.410. The Morgan fingerprint density at radius 2 is 1.80 bits per heavy atom. The van der Waals surface area contributed by atoms with E-state index in [9.17, 15) is 0 Å². The molecule has 160 valence electrons. The normalized spacial score (nSPS) is 19.3. The van der Waals surface area contributed by atoms with Crippen LogP contribution in [0.4, 0.5) is 11.8 Å². The topological polar surface area (TPSA) is 93.7 Å². The van der Waals surface area contributed by atoms with E-state index in [2.05, 4.69) is 58.3 Å². The lowest BCUT2D eigenvalue weighted by Gasteiger charge is -2.27. The number of benzene rings is 1. The Morgan fingerprint density at radius 3 is 2.50 bits per heavy atom. The van der Waals surface area contributed by atoms with Crippen LogP contribution in [0.5, 0.6) is 0 Å². The molecular weight excluding hydrogens is 374 g/mol. The number of nitrogens with two attached hydrogens (primary N) is 1. The molecule has 0 atom stereocenters. The van der Waals surface area contributed by atoms with Gasteiger partial charge in [0.15, 0.2) is 17.0 Å². The van der Waals surface area contributed by atoms with E-state index in [4.69, 9.17) is 15.7 Å². The van der Waals surface area contributed by atoms with E-state index in [1.165, 1.54) is 5.56 Å². The monoisotopic (exact) mass is 407 g/mol. The standard InChI is InChI=1S/C23H33N7/c1-3-19(4-2)30-15-26-20-21(25-14-16-8-6-5-7-9-16)28-23(29-22(20)30)27-18-12-10-17(24)11-13-18/h5-9,15,17-19H,3-4,10-14,24H2,1-2H3,(H2,25,27,28,29). The molecule has 4 N–H and O–H groups in total. The maximum atomic E-state index is 6.07. The number of fused-ring (bicyclic) bond motifs is 1. The van der Waals surface area contributed by atoms with Gasteiger partial charge in [0, 0.05) is 24.7 Å². The molecule has 3 aromatic rings. The van der Waals surface area contributed by atoms with E-state index in [1.54, 1.807) is 0 Å². The Balaban J connectivity index is 1.65. The molecule has 30 heavy (non-hydrogen) atoms. The SMILES string of the molecule is CCC(CC)n1cnc2c(NCc3ccccc3)nc(NC3CCC(N)CC3)nc21. The van der Waals surface area contributed by atoms with Gasteiger partial charge in [-0.1, -0.05) is 44.2 Å². The van der Waals surface area contributed by atoms with Crippen molar-refractivity contribution in [3.05, 3.63) is 42.2 Å². The third-order valence-electron chi connectivity index (χ3n) is 6.17. The number of rotatable bonds is 8. The second-order valence-corrected chi connectivity index (χ2v) is 8.29.